The van der Waals surface area contributed by atoms with E-state index in [1.165, 1.54) is 0 Å². The van der Waals surface area contributed by atoms with Crippen LogP contribution in [0.5, 0.6) is 0 Å². The number of carboxylic acids is 1. The summed E-state index contributed by atoms with van der Waals surface area (Å²) in [5.74, 6) is -0.765. The molecule has 0 saturated carbocycles. The molecule has 0 heterocycles. The first-order chi connectivity index (χ1) is 7.77. The Morgan fingerprint density at radius 1 is 1.00 bits per heavy atom. The normalized spacial score (nSPS) is 12.1. The summed E-state index contributed by atoms with van der Waals surface area (Å²) >= 11 is 0. The number of aliphatic carboxylic acids is 1. The van der Waals surface area contributed by atoms with Crippen LogP contribution in [0.3, 0.4) is 0 Å². The highest BCUT2D eigenvalue weighted by atomic mass is 16.4. The van der Waals surface area contributed by atoms with E-state index >= 15 is 0 Å². The molecule has 90 valence electrons. The fourth-order valence-corrected chi connectivity index (χ4v) is 1.21. The molecule has 0 atom stereocenters. The summed E-state index contributed by atoms with van der Waals surface area (Å²) in [4.78, 5) is 10.2. The van der Waals surface area contributed by atoms with Crippen LogP contribution in [0.4, 0.5) is 0 Å². The van der Waals surface area contributed by atoms with Crippen LogP contribution >= 0.6 is 0 Å². The highest BCUT2D eigenvalue weighted by Crippen LogP contribution is 2.00. The molecular weight excluding hydrogens is 200 g/mol. The first kappa shape index (κ1) is 14.7. The van der Waals surface area contributed by atoms with Gasteiger partial charge in [0.15, 0.2) is 0 Å². The molecule has 2 heteroatoms. The van der Waals surface area contributed by atoms with Crippen molar-refractivity contribution in [3.05, 3.63) is 36.5 Å². The van der Waals surface area contributed by atoms with E-state index in [1.807, 2.05) is 6.08 Å². The predicted molar refractivity (Wildman–Crippen MR) is 68.4 cm³/mol. The molecule has 2 nitrogen and oxygen atoms in total. The minimum absolute atomic E-state index is 0.137. The van der Waals surface area contributed by atoms with Gasteiger partial charge in [-0.05, 0) is 32.1 Å². The predicted octanol–water partition coefficient (Wildman–Crippen LogP) is 4.10. The average molecular weight is 222 g/mol. The van der Waals surface area contributed by atoms with Crippen LogP contribution in [-0.4, -0.2) is 11.1 Å². The molecule has 0 saturated heterocycles. The van der Waals surface area contributed by atoms with Gasteiger partial charge in [-0.2, -0.15) is 0 Å². The monoisotopic (exact) mass is 222 g/mol. The molecule has 0 amide bonds. The third-order valence-electron chi connectivity index (χ3n) is 2.04. The Labute approximate surface area is 98.4 Å². The highest BCUT2D eigenvalue weighted by molar-refractivity contribution is 5.68. The summed E-state index contributed by atoms with van der Waals surface area (Å²) in [5.41, 5.74) is 0. The Morgan fingerprint density at radius 3 is 2.25 bits per heavy atom. The van der Waals surface area contributed by atoms with Crippen LogP contribution in [0.1, 0.15) is 45.4 Å². The molecule has 16 heavy (non-hydrogen) atoms. The van der Waals surface area contributed by atoms with E-state index in [4.69, 9.17) is 5.11 Å². The quantitative estimate of drug-likeness (QED) is 0.471. The van der Waals surface area contributed by atoms with E-state index in [1.54, 1.807) is 6.08 Å². The second kappa shape index (κ2) is 11.8. The summed E-state index contributed by atoms with van der Waals surface area (Å²) in [7, 11) is 0. The summed E-state index contributed by atoms with van der Waals surface area (Å²) in [6.07, 6.45) is 17.7. The maximum atomic E-state index is 10.2. The van der Waals surface area contributed by atoms with Crippen molar-refractivity contribution in [3.8, 4) is 0 Å². The van der Waals surface area contributed by atoms with Gasteiger partial charge in [0.25, 0.3) is 0 Å². The SMILES string of the molecule is CC/C=C\CC=CCCCC=CCC(=O)O. The maximum Gasteiger partial charge on any atom is 0.307 e. The third-order valence-corrected chi connectivity index (χ3v) is 2.04. The molecule has 0 aromatic heterocycles. The third kappa shape index (κ3) is 12.7. The van der Waals surface area contributed by atoms with E-state index in [-0.39, 0.29) is 6.42 Å². The van der Waals surface area contributed by atoms with E-state index in [9.17, 15) is 4.79 Å². The van der Waals surface area contributed by atoms with E-state index in [0.29, 0.717) is 0 Å². The Balaban J connectivity index is 3.29. The smallest absolute Gasteiger partial charge is 0.307 e. The summed E-state index contributed by atoms with van der Waals surface area (Å²) in [6.45, 7) is 2.13. The van der Waals surface area contributed by atoms with Crippen molar-refractivity contribution in [2.45, 2.75) is 45.4 Å². The summed E-state index contributed by atoms with van der Waals surface area (Å²) < 4.78 is 0. The zero-order valence-electron chi connectivity index (χ0n) is 10.1. The van der Waals surface area contributed by atoms with Gasteiger partial charge in [0.1, 0.15) is 0 Å². The Hall–Kier alpha value is -1.31. The minimum atomic E-state index is -0.765. The molecule has 0 aliphatic rings. The number of rotatable bonds is 9. The van der Waals surface area contributed by atoms with Crippen molar-refractivity contribution in [1.29, 1.82) is 0 Å². The first-order valence-electron chi connectivity index (χ1n) is 5.94. The van der Waals surface area contributed by atoms with Crippen LogP contribution in [-0.2, 0) is 4.79 Å². The van der Waals surface area contributed by atoms with E-state index in [2.05, 4.69) is 31.2 Å². The number of hydrogen-bond acceptors (Lipinski definition) is 1. The maximum absolute atomic E-state index is 10.2. The molecule has 1 N–H and O–H groups in total. The van der Waals surface area contributed by atoms with Gasteiger partial charge in [0.2, 0.25) is 0 Å². The van der Waals surface area contributed by atoms with Gasteiger partial charge in [0, 0.05) is 0 Å². The van der Waals surface area contributed by atoms with Crippen LogP contribution in [0.2, 0.25) is 0 Å². The van der Waals surface area contributed by atoms with Gasteiger partial charge in [-0.1, -0.05) is 43.4 Å². The molecular formula is C14H22O2. The fraction of sp³-hybridized carbons (Fsp3) is 0.500. The van der Waals surface area contributed by atoms with Crippen LogP contribution in [0.15, 0.2) is 36.5 Å². The second-order valence-electron chi connectivity index (χ2n) is 3.59. The van der Waals surface area contributed by atoms with Gasteiger partial charge in [-0.15, -0.1) is 0 Å². The highest BCUT2D eigenvalue weighted by Gasteiger charge is 1.88. The Kier molecular flexibility index (Phi) is 10.8. The fourth-order valence-electron chi connectivity index (χ4n) is 1.21. The molecule has 0 spiro atoms. The van der Waals surface area contributed by atoms with Gasteiger partial charge in [0.05, 0.1) is 6.42 Å². The summed E-state index contributed by atoms with van der Waals surface area (Å²) in [5, 5.41) is 8.39. The van der Waals surface area contributed by atoms with Crippen molar-refractivity contribution in [1.82, 2.24) is 0 Å². The number of hydrogen-bond donors (Lipinski definition) is 1. The molecule has 0 rings (SSSR count). The van der Waals surface area contributed by atoms with Crippen LogP contribution in [0, 0.1) is 0 Å². The van der Waals surface area contributed by atoms with Gasteiger partial charge < -0.3 is 5.11 Å². The minimum Gasteiger partial charge on any atom is -0.481 e. The Bertz CT molecular complexity index is 249. The van der Waals surface area contributed by atoms with Gasteiger partial charge in [-0.3, -0.25) is 4.79 Å². The number of unbranched alkanes of at least 4 members (excludes halogenated alkanes) is 2. The van der Waals surface area contributed by atoms with Gasteiger partial charge in [-0.25, -0.2) is 0 Å². The standard InChI is InChI=1S/C14H22O2/c1-2-3-4-5-6-7-8-9-10-11-12-13-14(15)16/h3-4,6-7,11-12H,2,5,8-10,13H2,1H3,(H,15,16)/b4-3-,7-6?,12-11?. The van der Waals surface area contributed by atoms with Crippen LogP contribution < -0.4 is 0 Å². The molecule has 0 bridgehead atoms. The van der Waals surface area contributed by atoms with E-state index < -0.39 is 5.97 Å². The molecule has 0 aromatic carbocycles. The lowest BCUT2D eigenvalue weighted by molar-refractivity contribution is -0.136. The average Bonchev–Trinajstić information content (AvgIpc) is 2.25. The van der Waals surface area contributed by atoms with Crippen molar-refractivity contribution in [2.75, 3.05) is 0 Å². The summed E-state index contributed by atoms with van der Waals surface area (Å²) in [6, 6.07) is 0. The molecule has 0 fully saturated rings. The van der Waals surface area contributed by atoms with Crippen LogP contribution in [0.25, 0.3) is 0 Å². The zero-order chi connectivity index (χ0) is 12.1. The molecule has 0 radical (unpaired) electrons. The molecule has 0 aliphatic heterocycles. The lowest BCUT2D eigenvalue weighted by Gasteiger charge is -1.90. The van der Waals surface area contributed by atoms with Crippen molar-refractivity contribution >= 4 is 5.97 Å². The number of allylic oxidation sites excluding steroid dienone is 5. The van der Waals surface area contributed by atoms with E-state index in [0.717, 1.165) is 32.1 Å². The number of carboxylic acid groups (broad SMARTS) is 1. The molecule has 0 unspecified atom stereocenters. The van der Waals surface area contributed by atoms with Crippen molar-refractivity contribution < 1.29 is 9.90 Å². The Morgan fingerprint density at radius 2 is 1.62 bits per heavy atom. The van der Waals surface area contributed by atoms with Crippen molar-refractivity contribution in [2.24, 2.45) is 0 Å². The van der Waals surface area contributed by atoms with Gasteiger partial charge >= 0.3 is 5.97 Å². The molecule has 0 aromatic rings. The second-order valence-corrected chi connectivity index (χ2v) is 3.59. The number of carbonyl (C=O) groups is 1. The first-order valence-corrected chi connectivity index (χ1v) is 5.94. The van der Waals surface area contributed by atoms with Crippen molar-refractivity contribution in [3.63, 3.8) is 0 Å². The largest absolute Gasteiger partial charge is 0.481 e. The topological polar surface area (TPSA) is 37.3 Å². The molecule has 0 aliphatic carbocycles. The lowest BCUT2D eigenvalue weighted by Crippen LogP contribution is -1.89. The lowest BCUT2D eigenvalue weighted by atomic mass is 10.2. The zero-order valence-corrected chi connectivity index (χ0v) is 10.1.